The molecule has 2 heterocycles. The molecule has 3 aromatic rings. The molecular formula is C33H32NO13+. The van der Waals surface area contributed by atoms with Crippen LogP contribution >= 0.6 is 0 Å². The SMILES string of the molecule is CC(=O)OC[C@H]1O[C@@H]([n+]2cccc(C(=O)Oc3ccc(-c4cc(OC(C)=O)cc(OC(C)=O)c4)cc3)c2)[C@H](OC(C)=O)[C@@H]1OC(C)=O. The summed E-state index contributed by atoms with van der Waals surface area (Å²) in [6.07, 6.45) is -1.31. The third-order valence-corrected chi connectivity index (χ3v) is 6.49. The van der Waals surface area contributed by atoms with Crippen molar-refractivity contribution in [3.05, 3.63) is 72.6 Å². The van der Waals surface area contributed by atoms with E-state index in [1.165, 1.54) is 57.5 Å². The topological polar surface area (TPSA) is 171 Å². The van der Waals surface area contributed by atoms with E-state index in [-0.39, 0.29) is 29.4 Å². The van der Waals surface area contributed by atoms with E-state index >= 15 is 0 Å². The highest BCUT2D eigenvalue weighted by atomic mass is 16.7. The fourth-order valence-electron chi connectivity index (χ4n) is 4.77. The fourth-order valence-corrected chi connectivity index (χ4v) is 4.77. The Bertz CT molecular complexity index is 1650. The number of hydrogen-bond donors (Lipinski definition) is 0. The highest BCUT2D eigenvalue weighted by Gasteiger charge is 2.54. The van der Waals surface area contributed by atoms with E-state index in [4.69, 9.17) is 33.2 Å². The summed E-state index contributed by atoms with van der Waals surface area (Å²) in [5, 5.41) is 0. The van der Waals surface area contributed by atoms with Gasteiger partial charge in [0, 0.05) is 46.8 Å². The third-order valence-electron chi connectivity index (χ3n) is 6.49. The van der Waals surface area contributed by atoms with Crippen LogP contribution in [0.25, 0.3) is 11.1 Å². The molecule has 47 heavy (non-hydrogen) atoms. The predicted octanol–water partition coefficient (Wildman–Crippen LogP) is 3.03. The first kappa shape index (κ1) is 34.2. The number of rotatable bonds is 10. The van der Waals surface area contributed by atoms with Crippen molar-refractivity contribution in [3.63, 3.8) is 0 Å². The van der Waals surface area contributed by atoms with E-state index < -0.39 is 60.4 Å². The normalized spacial score (nSPS) is 18.4. The van der Waals surface area contributed by atoms with Crippen molar-refractivity contribution in [1.82, 2.24) is 0 Å². The zero-order valence-corrected chi connectivity index (χ0v) is 26.1. The molecule has 0 aliphatic carbocycles. The summed E-state index contributed by atoms with van der Waals surface area (Å²) in [6, 6.07) is 14.1. The Morgan fingerprint density at radius 1 is 0.660 bits per heavy atom. The minimum atomic E-state index is -1.14. The molecule has 1 aliphatic rings. The van der Waals surface area contributed by atoms with Crippen LogP contribution in [-0.4, -0.2) is 60.7 Å². The van der Waals surface area contributed by atoms with Gasteiger partial charge in [-0.05, 0) is 41.5 Å². The molecule has 246 valence electrons. The second-order valence-corrected chi connectivity index (χ2v) is 10.3. The highest BCUT2D eigenvalue weighted by Crippen LogP contribution is 2.33. The Balaban J connectivity index is 1.54. The summed E-state index contributed by atoms with van der Waals surface area (Å²) < 4.78 is 39.3. The first-order valence-corrected chi connectivity index (χ1v) is 14.3. The first-order valence-electron chi connectivity index (χ1n) is 14.3. The van der Waals surface area contributed by atoms with Gasteiger partial charge in [-0.3, -0.25) is 24.0 Å². The molecule has 14 heteroatoms. The molecule has 0 amide bonds. The van der Waals surface area contributed by atoms with Crippen molar-refractivity contribution in [2.24, 2.45) is 0 Å². The van der Waals surface area contributed by atoms with Gasteiger partial charge < -0.3 is 33.2 Å². The lowest BCUT2D eigenvalue weighted by molar-refractivity contribution is -0.765. The molecule has 0 spiro atoms. The summed E-state index contributed by atoms with van der Waals surface area (Å²) in [5.41, 5.74) is 1.32. The number of esters is 6. The second kappa shape index (κ2) is 15.1. The maximum atomic E-state index is 13.2. The fraction of sp³-hybridized carbons (Fsp3) is 0.303. The number of aromatic nitrogens is 1. The molecule has 2 aromatic carbocycles. The molecule has 0 N–H and O–H groups in total. The monoisotopic (exact) mass is 650 g/mol. The van der Waals surface area contributed by atoms with Crippen molar-refractivity contribution < 1.29 is 66.5 Å². The van der Waals surface area contributed by atoms with Crippen molar-refractivity contribution in [3.8, 4) is 28.4 Å². The lowest BCUT2D eigenvalue weighted by Crippen LogP contribution is -2.48. The van der Waals surface area contributed by atoms with Crippen molar-refractivity contribution >= 4 is 35.8 Å². The van der Waals surface area contributed by atoms with Gasteiger partial charge >= 0.3 is 42.0 Å². The number of benzene rings is 2. The number of carbonyl (C=O) groups is 6. The molecule has 0 unspecified atom stereocenters. The van der Waals surface area contributed by atoms with Crippen LogP contribution < -0.4 is 18.8 Å². The van der Waals surface area contributed by atoms with Crippen molar-refractivity contribution in [1.29, 1.82) is 0 Å². The van der Waals surface area contributed by atoms with Gasteiger partial charge in [-0.1, -0.05) is 12.1 Å². The smallest absolute Gasteiger partial charge is 0.349 e. The van der Waals surface area contributed by atoms with Crippen molar-refractivity contribution in [2.75, 3.05) is 6.61 Å². The first-order chi connectivity index (χ1) is 22.3. The van der Waals surface area contributed by atoms with Crippen LogP contribution in [0.4, 0.5) is 0 Å². The van der Waals surface area contributed by atoms with Crippen LogP contribution in [0.2, 0.25) is 0 Å². The van der Waals surface area contributed by atoms with E-state index in [1.54, 1.807) is 48.7 Å². The molecule has 0 saturated carbocycles. The van der Waals surface area contributed by atoms with Crippen LogP contribution in [0, 0.1) is 0 Å². The average Bonchev–Trinajstić information content (AvgIpc) is 3.31. The van der Waals surface area contributed by atoms with Crippen LogP contribution in [0.5, 0.6) is 17.2 Å². The lowest BCUT2D eigenvalue weighted by atomic mass is 10.0. The van der Waals surface area contributed by atoms with Gasteiger partial charge in [-0.25, -0.2) is 4.79 Å². The standard InChI is InChI=1S/C33H32NO13/c1-18(35)41-17-29-30(44-21(4)38)31(45-22(5)39)32(47-29)34-12-6-7-24(16-34)33(40)46-26-10-8-23(9-11-26)25-13-27(42-19(2)36)15-28(14-25)43-20(3)37/h6-16,29-32H,17H2,1-5H3/q+1/t29-,30-,31-,32-/m1/s1. The summed E-state index contributed by atoms with van der Waals surface area (Å²) in [6.45, 7) is 5.78. The maximum absolute atomic E-state index is 13.2. The Labute approximate surface area is 269 Å². The summed E-state index contributed by atoms with van der Waals surface area (Å²) >= 11 is 0. The predicted molar refractivity (Wildman–Crippen MR) is 158 cm³/mol. The average molecular weight is 651 g/mol. The van der Waals surface area contributed by atoms with Gasteiger partial charge in [0.15, 0.2) is 18.5 Å². The van der Waals surface area contributed by atoms with Gasteiger partial charge in [-0.2, -0.15) is 4.57 Å². The van der Waals surface area contributed by atoms with Crippen LogP contribution in [-0.2, 0) is 42.9 Å². The molecule has 0 radical (unpaired) electrons. The molecule has 1 aliphatic heterocycles. The minimum Gasteiger partial charge on any atom is -0.463 e. The van der Waals surface area contributed by atoms with E-state index in [9.17, 15) is 28.8 Å². The highest BCUT2D eigenvalue weighted by molar-refractivity contribution is 5.90. The zero-order valence-electron chi connectivity index (χ0n) is 26.1. The molecule has 4 atom stereocenters. The van der Waals surface area contributed by atoms with E-state index in [0.717, 1.165) is 0 Å². The molecule has 1 fully saturated rings. The van der Waals surface area contributed by atoms with E-state index in [2.05, 4.69) is 0 Å². The number of carbonyl (C=O) groups excluding carboxylic acids is 6. The van der Waals surface area contributed by atoms with Gasteiger partial charge in [-0.15, -0.1) is 0 Å². The lowest BCUT2D eigenvalue weighted by Gasteiger charge is -2.21. The molecular weight excluding hydrogens is 618 g/mol. The summed E-state index contributed by atoms with van der Waals surface area (Å²) in [5.74, 6) is -3.19. The van der Waals surface area contributed by atoms with Crippen LogP contribution in [0.3, 0.4) is 0 Å². The van der Waals surface area contributed by atoms with Crippen molar-refractivity contribution in [2.45, 2.75) is 59.2 Å². The Morgan fingerprint density at radius 2 is 1.26 bits per heavy atom. The van der Waals surface area contributed by atoms with E-state index in [1.807, 2.05) is 0 Å². The quantitative estimate of drug-likeness (QED) is 0.136. The number of hydrogen-bond acceptors (Lipinski definition) is 13. The van der Waals surface area contributed by atoms with Crippen LogP contribution in [0.15, 0.2) is 67.0 Å². The number of nitrogens with zero attached hydrogens (tertiary/aromatic N) is 1. The largest absolute Gasteiger partial charge is 0.463 e. The van der Waals surface area contributed by atoms with Gasteiger partial charge in [0.05, 0.1) is 0 Å². The minimum absolute atomic E-state index is 0.106. The molecule has 4 rings (SSSR count). The van der Waals surface area contributed by atoms with Gasteiger partial charge in [0.2, 0.25) is 6.10 Å². The van der Waals surface area contributed by atoms with Gasteiger partial charge in [0.1, 0.15) is 35.5 Å². The second-order valence-electron chi connectivity index (χ2n) is 10.3. The number of pyridine rings is 1. The summed E-state index contributed by atoms with van der Waals surface area (Å²) in [4.78, 5) is 71.4. The molecule has 0 bridgehead atoms. The van der Waals surface area contributed by atoms with E-state index in [0.29, 0.717) is 11.1 Å². The third kappa shape index (κ3) is 9.43. The number of ether oxygens (including phenoxy) is 7. The maximum Gasteiger partial charge on any atom is 0.349 e. The molecule has 1 aromatic heterocycles. The van der Waals surface area contributed by atoms with Crippen LogP contribution in [0.1, 0.15) is 51.2 Å². The Kier molecular flexibility index (Phi) is 11.0. The molecule has 1 saturated heterocycles. The Morgan fingerprint density at radius 3 is 1.81 bits per heavy atom. The van der Waals surface area contributed by atoms with Gasteiger partial charge in [0.25, 0.3) is 0 Å². The summed E-state index contributed by atoms with van der Waals surface area (Å²) in [7, 11) is 0. The Hall–Kier alpha value is -5.63. The zero-order chi connectivity index (χ0) is 34.2. The molecule has 14 nitrogen and oxygen atoms in total.